The number of amides is 1. The average molecular weight is 373 g/mol. The quantitative estimate of drug-likeness (QED) is 0.567. The summed E-state index contributed by atoms with van der Waals surface area (Å²) in [5.41, 5.74) is 4.79. The van der Waals surface area contributed by atoms with Crippen molar-refractivity contribution in [2.75, 3.05) is 0 Å². The average Bonchev–Trinajstić information content (AvgIpc) is 3.10. The van der Waals surface area contributed by atoms with Gasteiger partial charge in [0.05, 0.1) is 5.69 Å². The van der Waals surface area contributed by atoms with Crippen molar-refractivity contribution in [3.8, 4) is 0 Å². The highest BCUT2D eigenvalue weighted by atomic mass is 19.1. The fourth-order valence-electron chi connectivity index (χ4n) is 3.09. The van der Waals surface area contributed by atoms with Crippen LogP contribution in [-0.2, 0) is 13.0 Å². The molecule has 1 N–H and O–H groups in total. The molecule has 28 heavy (non-hydrogen) atoms. The minimum atomic E-state index is -0.240. The molecule has 0 aliphatic heterocycles. The predicted octanol–water partition coefficient (Wildman–Crippen LogP) is 4.30. The summed E-state index contributed by atoms with van der Waals surface area (Å²) in [5.74, 6) is -0.391. The highest BCUT2D eigenvalue weighted by molar-refractivity contribution is 5.95. The first-order valence-electron chi connectivity index (χ1n) is 9.13. The van der Waals surface area contributed by atoms with Gasteiger partial charge in [-0.1, -0.05) is 48.0 Å². The molecular weight excluding hydrogens is 353 g/mol. The number of nitrogens with zero attached hydrogens (tertiary/aromatic N) is 2. The van der Waals surface area contributed by atoms with Crippen LogP contribution < -0.4 is 5.32 Å². The van der Waals surface area contributed by atoms with Crippen molar-refractivity contribution in [3.63, 3.8) is 0 Å². The number of aromatic nitrogens is 2. The topological polar surface area (TPSA) is 46.4 Å². The van der Waals surface area contributed by atoms with Crippen molar-refractivity contribution < 1.29 is 9.18 Å². The highest BCUT2D eigenvalue weighted by Crippen LogP contribution is 2.15. The third-order valence-corrected chi connectivity index (χ3v) is 4.68. The van der Waals surface area contributed by atoms with E-state index in [4.69, 9.17) is 0 Å². The number of halogens is 1. The van der Waals surface area contributed by atoms with E-state index in [0.717, 1.165) is 11.3 Å². The Hall–Kier alpha value is -3.47. The summed E-state index contributed by atoms with van der Waals surface area (Å²) in [5, 5.41) is 2.93. The Morgan fingerprint density at radius 2 is 1.89 bits per heavy atom. The molecule has 0 saturated heterocycles. The Morgan fingerprint density at radius 1 is 1.11 bits per heavy atom. The SMILES string of the molecule is Cc1ccc(CNC(=O)c2ccn3cc(Cc4ccccc4F)nc3c2)cc1. The Labute approximate surface area is 162 Å². The molecule has 2 aromatic heterocycles. The molecule has 0 saturated carbocycles. The molecule has 4 nitrogen and oxygen atoms in total. The third-order valence-electron chi connectivity index (χ3n) is 4.68. The molecule has 140 valence electrons. The van der Waals surface area contributed by atoms with E-state index in [9.17, 15) is 9.18 Å². The molecule has 0 spiro atoms. The van der Waals surface area contributed by atoms with Gasteiger partial charge in [0.15, 0.2) is 0 Å². The van der Waals surface area contributed by atoms with Crippen molar-refractivity contribution in [2.45, 2.75) is 19.9 Å². The monoisotopic (exact) mass is 373 g/mol. The number of carbonyl (C=O) groups is 1. The minimum absolute atomic E-state index is 0.151. The van der Waals surface area contributed by atoms with E-state index in [2.05, 4.69) is 10.3 Å². The Morgan fingerprint density at radius 3 is 2.68 bits per heavy atom. The first-order chi connectivity index (χ1) is 13.6. The lowest BCUT2D eigenvalue weighted by atomic mass is 10.1. The number of aryl methyl sites for hydroxylation is 1. The summed E-state index contributed by atoms with van der Waals surface area (Å²) in [7, 11) is 0. The maximum atomic E-state index is 13.9. The van der Waals surface area contributed by atoms with E-state index in [1.807, 2.05) is 47.9 Å². The number of fused-ring (bicyclic) bond motifs is 1. The number of rotatable bonds is 5. The van der Waals surface area contributed by atoms with Crippen LogP contribution in [0.15, 0.2) is 73.1 Å². The lowest BCUT2D eigenvalue weighted by molar-refractivity contribution is 0.0951. The van der Waals surface area contributed by atoms with Crippen LogP contribution in [0.2, 0.25) is 0 Å². The maximum Gasteiger partial charge on any atom is 0.251 e. The molecule has 0 atom stereocenters. The highest BCUT2D eigenvalue weighted by Gasteiger charge is 2.10. The summed E-state index contributed by atoms with van der Waals surface area (Å²) in [6.45, 7) is 2.50. The van der Waals surface area contributed by atoms with Crippen LogP contribution in [0.25, 0.3) is 5.65 Å². The van der Waals surface area contributed by atoms with E-state index in [1.54, 1.807) is 30.5 Å². The third kappa shape index (κ3) is 3.93. The molecule has 2 aromatic carbocycles. The maximum absolute atomic E-state index is 13.9. The van der Waals surface area contributed by atoms with Crippen molar-refractivity contribution >= 4 is 11.6 Å². The Kier molecular flexibility index (Phi) is 4.89. The van der Waals surface area contributed by atoms with E-state index >= 15 is 0 Å². The number of imidazole rings is 1. The van der Waals surface area contributed by atoms with E-state index in [1.165, 1.54) is 11.6 Å². The fraction of sp³-hybridized carbons (Fsp3) is 0.130. The van der Waals surface area contributed by atoms with Gasteiger partial charge < -0.3 is 9.72 Å². The lowest BCUT2D eigenvalue weighted by Crippen LogP contribution is -2.22. The molecule has 4 aromatic rings. The smallest absolute Gasteiger partial charge is 0.251 e. The van der Waals surface area contributed by atoms with Gasteiger partial charge in [0.1, 0.15) is 11.5 Å². The van der Waals surface area contributed by atoms with Crippen LogP contribution in [0.4, 0.5) is 4.39 Å². The van der Waals surface area contributed by atoms with Crippen molar-refractivity contribution in [1.82, 2.24) is 14.7 Å². The molecule has 0 aliphatic rings. The van der Waals surface area contributed by atoms with E-state index < -0.39 is 0 Å². The van der Waals surface area contributed by atoms with Crippen LogP contribution >= 0.6 is 0 Å². The second-order valence-corrected chi connectivity index (χ2v) is 6.85. The fourth-order valence-corrected chi connectivity index (χ4v) is 3.09. The van der Waals surface area contributed by atoms with Gasteiger partial charge in [0.25, 0.3) is 5.91 Å². The second kappa shape index (κ2) is 7.64. The van der Waals surface area contributed by atoms with Crippen LogP contribution in [-0.4, -0.2) is 15.3 Å². The van der Waals surface area contributed by atoms with Gasteiger partial charge in [-0.3, -0.25) is 4.79 Å². The Bertz CT molecular complexity index is 1130. The van der Waals surface area contributed by atoms with Gasteiger partial charge in [-0.05, 0) is 36.2 Å². The molecule has 0 aliphatic carbocycles. The van der Waals surface area contributed by atoms with Gasteiger partial charge >= 0.3 is 0 Å². The summed E-state index contributed by atoms with van der Waals surface area (Å²) < 4.78 is 15.7. The van der Waals surface area contributed by atoms with Crippen LogP contribution in [0.5, 0.6) is 0 Å². The molecular formula is C23H20FN3O. The zero-order valence-electron chi connectivity index (χ0n) is 15.5. The molecule has 2 heterocycles. The van der Waals surface area contributed by atoms with Crippen molar-refractivity contribution in [1.29, 1.82) is 0 Å². The first-order valence-corrected chi connectivity index (χ1v) is 9.13. The van der Waals surface area contributed by atoms with Crippen LogP contribution in [0, 0.1) is 12.7 Å². The zero-order valence-corrected chi connectivity index (χ0v) is 15.5. The second-order valence-electron chi connectivity index (χ2n) is 6.85. The number of nitrogens with one attached hydrogen (secondary N) is 1. The molecule has 5 heteroatoms. The molecule has 0 radical (unpaired) electrons. The van der Waals surface area contributed by atoms with E-state index in [0.29, 0.717) is 29.7 Å². The number of hydrogen-bond donors (Lipinski definition) is 1. The predicted molar refractivity (Wildman–Crippen MR) is 107 cm³/mol. The summed E-state index contributed by atoms with van der Waals surface area (Å²) in [4.78, 5) is 17.0. The van der Waals surface area contributed by atoms with Crippen molar-refractivity contribution in [2.24, 2.45) is 0 Å². The normalized spacial score (nSPS) is 10.9. The largest absolute Gasteiger partial charge is 0.348 e. The van der Waals surface area contributed by atoms with Crippen LogP contribution in [0.1, 0.15) is 32.7 Å². The molecule has 0 fully saturated rings. The standard InChI is InChI=1S/C23H20FN3O/c1-16-6-8-17(9-7-16)14-25-23(28)19-10-11-27-15-20(26-22(27)13-19)12-18-4-2-3-5-21(18)24/h2-11,13,15H,12,14H2,1H3,(H,25,28). The van der Waals surface area contributed by atoms with Gasteiger partial charge in [-0.2, -0.15) is 0 Å². The summed E-state index contributed by atoms with van der Waals surface area (Å²) in [6, 6.07) is 18.2. The number of benzene rings is 2. The molecule has 0 bridgehead atoms. The van der Waals surface area contributed by atoms with E-state index in [-0.39, 0.29) is 11.7 Å². The number of carbonyl (C=O) groups excluding carboxylic acids is 1. The Balaban J connectivity index is 1.48. The molecule has 0 unspecified atom stereocenters. The van der Waals surface area contributed by atoms with Gasteiger partial charge in [-0.25, -0.2) is 9.37 Å². The first kappa shape index (κ1) is 17.9. The van der Waals surface area contributed by atoms with Crippen molar-refractivity contribution in [3.05, 3.63) is 107 Å². The van der Waals surface area contributed by atoms with Gasteiger partial charge in [0.2, 0.25) is 0 Å². The number of hydrogen-bond acceptors (Lipinski definition) is 2. The lowest BCUT2D eigenvalue weighted by Gasteiger charge is -2.06. The summed E-state index contributed by atoms with van der Waals surface area (Å²) >= 11 is 0. The van der Waals surface area contributed by atoms with Gasteiger partial charge in [-0.15, -0.1) is 0 Å². The molecule has 4 rings (SSSR count). The zero-order chi connectivity index (χ0) is 19.5. The minimum Gasteiger partial charge on any atom is -0.348 e. The molecule has 1 amide bonds. The van der Waals surface area contributed by atoms with Crippen LogP contribution in [0.3, 0.4) is 0 Å². The summed E-state index contributed by atoms with van der Waals surface area (Å²) in [6.07, 6.45) is 4.06. The number of pyridine rings is 1. The van der Waals surface area contributed by atoms with Gasteiger partial charge in [0, 0.05) is 30.9 Å².